The lowest BCUT2D eigenvalue weighted by Gasteiger charge is -2.13. The molecule has 0 aromatic carbocycles. The summed E-state index contributed by atoms with van der Waals surface area (Å²) in [6, 6.07) is 0. The van der Waals surface area contributed by atoms with Gasteiger partial charge in [-0.15, -0.1) is 11.3 Å². The predicted octanol–water partition coefficient (Wildman–Crippen LogP) is 3.56. The molecule has 0 saturated carbocycles. The van der Waals surface area contributed by atoms with Gasteiger partial charge in [0.05, 0.1) is 22.9 Å². The Bertz CT molecular complexity index is 944. The smallest absolute Gasteiger partial charge is 0.276 e. The zero-order valence-corrected chi connectivity index (χ0v) is 18.3. The van der Waals surface area contributed by atoms with Crippen LogP contribution < -0.4 is 10.6 Å². The number of fused-ring (bicyclic) bond motifs is 1. The minimum Gasteiger partial charge on any atom is -0.376 e. The highest BCUT2D eigenvalue weighted by Gasteiger charge is 2.29. The van der Waals surface area contributed by atoms with Crippen molar-refractivity contribution in [3.63, 3.8) is 0 Å². The van der Waals surface area contributed by atoms with Crippen molar-refractivity contribution in [2.75, 3.05) is 24.7 Å². The van der Waals surface area contributed by atoms with Crippen molar-refractivity contribution in [1.29, 1.82) is 0 Å². The summed E-state index contributed by atoms with van der Waals surface area (Å²) in [4.78, 5) is 35.2. The first-order valence-electron chi connectivity index (χ1n) is 9.49. The maximum atomic E-state index is 13.0. The molecule has 1 saturated heterocycles. The molecular formula is C19H21ClN4O3S2. The summed E-state index contributed by atoms with van der Waals surface area (Å²) in [6.07, 6.45) is 8.07. The molecule has 2 aliphatic rings. The molecule has 1 atom stereocenters. The average Bonchev–Trinajstić information content (AvgIpc) is 3.44. The number of thiophene rings is 1. The maximum absolute atomic E-state index is 13.0. The monoisotopic (exact) mass is 452 g/mol. The van der Waals surface area contributed by atoms with Crippen LogP contribution in [-0.4, -0.2) is 47.3 Å². The van der Waals surface area contributed by atoms with Crippen LogP contribution in [0.5, 0.6) is 0 Å². The predicted molar refractivity (Wildman–Crippen MR) is 114 cm³/mol. The topological polar surface area (TPSA) is 93.2 Å². The van der Waals surface area contributed by atoms with Gasteiger partial charge in [-0.05, 0) is 43.9 Å². The van der Waals surface area contributed by atoms with Crippen molar-refractivity contribution in [3.8, 4) is 0 Å². The number of aryl methyl sites for hydroxylation is 1. The molecule has 0 spiro atoms. The van der Waals surface area contributed by atoms with Crippen LogP contribution in [0.4, 0.5) is 5.00 Å². The van der Waals surface area contributed by atoms with Crippen LogP contribution in [0, 0.1) is 0 Å². The highest BCUT2D eigenvalue weighted by Crippen LogP contribution is 2.39. The molecule has 154 valence electrons. The number of nitrogens with zero attached hydrogens (tertiary/aromatic N) is 2. The molecule has 2 amide bonds. The van der Waals surface area contributed by atoms with Crippen molar-refractivity contribution < 1.29 is 14.3 Å². The third-order valence-electron chi connectivity index (χ3n) is 5.01. The molecule has 3 heterocycles. The average molecular weight is 453 g/mol. The number of aromatic nitrogens is 2. The van der Waals surface area contributed by atoms with Crippen molar-refractivity contribution in [2.45, 2.75) is 43.4 Å². The van der Waals surface area contributed by atoms with Crippen LogP contribution >= 0.6 is 34.7 Å². The lowest BCUT2D eigenvalue weighted by molar-refractivity contribution is 0.0858. The number of nitrogens with one attached hydrogen (secondary N) is 2. The number of rotatable bonds is 6. The van der Waals surface area contributed by atoms with Crippen molar-refractivity contribution in [3.05, 3.63) is 32.9 Å². The number of carbonyl (C=O) groups is 2. The number of carbonyl (C=O) groups excluding carboxylic acids is 2. The molecule has 29 heavy (non-hydrogen) atoms. The van der Waals surface area contributed by atoms with E-state index in [-0.39, 0.29) is 22.7 Å². The van der Waals surface area contributed by atoms with Crippen LogP contribution in [-0.2, 0) is 17.6 Å². The summed E-state index contributed by atoms with van der Waals surface area (Å²) < 4.78 is 5.59. The first kappa shape index (κ1) is 20.6. The van der Waals surface area contributed by atoms with Gasteiger partial charge in [0.2, 0.25) is 0 Å². The van der Waals surface area contributed by atoms with Crippen LogP contribution in [0.15, 0.2) is 11.4 Å². The normalized spacial score (nSPS) is 17.9. The Kier molecular flexibility index (Phi) is 6.38. The van der Waals surface area contributed by atoms with E-state index in [4.69, 9.17) is 16.3 Å². The van der Waals surface area contributed by atoms with Gasteiger partial charge in [0.25, 0.3) is 11.8 Å². The summed E-state index contributed by atoms with van der Waals surface area (Å²) in [7, 11) is 0. The first-order chi connectivity index (χ1) is 14.1. The molecule has 0 bridgehead atoms. The molecular weight excluding hydrogens is 432 g/mol. The van der Waals surface area contributed by atoms with Gasteiger partial charge in [0.1, 0.15) is 5.00 Å². The van der Waals surface area contributed by atoms with Gasteiger partial charge >= 0.3 is 0 Å². The maximum Gasteiger partial charge on any atom is 0.276 e. The highest BCUT2D eigenvalue weighted by molar-refractivity contribution is 7.98. The Hall–Kier alpha value is -1.68. The Morgan fingerprint density at radius 1 is 1.34 bits per heavy atom. The summed E-state index contributed by atoms with van der Waals surface area (Å²) >= 11 is 8.91. The standard InChI is InChI=1S/C19H21ClN4O3S2/c1-28-19-22-9-12(20)15(23-19)17(26)24-18-14(11-5-2-6-13(11)29-18)16(25)21-8-10-4-3-7-27-10/h9-10H,2-8H2,1H3,(H,21,25)(H,24,26)/t10-/m1/s1. The molecule has 0 radical (unpaired) electrons. The van der Waals surface area contributed by atoms with Gasteiger partial charge in [-0.2, -0.15) is 0 Å². The third-order valence-corrected chi connectivity index (χ3v) is 7.06. The number of hydrogen-bond donors (Lipinski definition) is 2. The van der Waals surface area contributed by atoms with E-state index in [0.29, 0.717) is 22.3 Å². The molecule has 2 N–H and O–H groups in total. The minimum atomic E-state index is -0.444. The fraction of sp³-hybridized carbons (Fsp3) is 0.474. The van der Waals surface area contributed by atoms with Crippen LogP contribution in [0.25, 0.3) is 0 Å². The number of halogens is 1. The minimum absolute atomic E-state index is 0.0634. The Labute approximate surface area is 182 Å². The van der Waals surface area contributed by atoms with E-state index < -0.39 is 5.91 Å². The molecule has 1 fully saturated rings. The number of thioether (sulfide) groups is 1. The van der Waals surface area contributed by atoms with Gasteiger partial charge in [-0.3, -0.25) is 9.59 Å². The largest absolute Gasteiger partial charge is 0.376 e. The Morgan fingerprint density at radius 3 is 2.97 bits per heavy atom. The molecule has 7 nitrogen and oxygen atoms in total. The highest BCUT2D eigenvalue weighted by atomic mass is 35.5. The summed E-state index contributed by atoms with van der Waals surface area (Å²) in [5, 5.41) is 7.02. The van der Waals surface area contributed by atoms with E-state index in [0.717, 1.165) is 49.2 Å². The summed E-state index contributed by atoms with van der Waals surface area (Å²) in [6.45, 7) is 1.22. The second-order valence-corrected chi connectivity index (χ2v) is 9.20. The van der Waals surface area contributed by atoms with Crippen LogP contribution in [0.3, 0.4) is 0 Å². The summed E-state index contributed by atoms with van der Waals surface area (Å²) in [5.41, 5.74) is 1.70. The third kappa shape index (κ3) is 4.42. The fourth-order valence-electron chi connectivity index (χ4n) is 3.60. The zero-order chi connectivity index (χ0) is 20.4. The second kappa shape index (κ2) is 8.99. The molecule has 0 unspecified atom stereocenters. The first-order valence-corrected chi connectivity index (χ1v) is 11.9. The van der Waals surface area contributed by atoms with Crippen molar-refractivity contribution in [1.82, 2.24) is 15.3 Å². The lowest BCUT2D eigenvalue weighted by Crippen LogP contribution is -2.32. The van der Waals surface area contributed by atoms with Gasteiger partial charge in [-0.1, -0.05) is 23.4 Å². The van der Waals surface area contributed by atoms with E-state index >= 15 is 0 Å². The molecule has 4 rings (SSSR count). The molecule has 10 heteroatoms. The molecule has 2 aromatic heterocycles. The number of hydrogen-bond acceptors (Lipinski definition) is 7. The van der Waals surface area contributed by atoms with E-state index in [1.807, 2.05) is 6.26 Å². The van der Waals surface area contributed by atoms with E-state index in [9.17, 15) is 9.59 Å². The number of anilines is 1. The fourth-order valence-corrected chi connectivity index (χ4v) is 5.40. The summed E-state index contributed by atoms with van der Waals surface area (Å²) in [5.74, 6) is -0.616. The van der Waals surface area contributed by atoms with Crippen molar-refractivity contribution in [2.24, 2.45) is 0 Å². The zero-order valence-electron chi connectivity index (χ0n) is 15.9. The van der Waals surface area contributed by atoms with E-state index in [1.165, 1.54) is 29.3 Å². The Balaban J connectivity index is 1.56. The van der Waals surface area contributed by atoms with Crippen molar-refractivity contribution >= 4 is 51.5 Å². The van der Waals surface area contributed by atoms with Gasteiger partial charge in [0, 0.05) is 18.0 Å². The van der Waals surface area contributed by atoms with Crippen LogP contribution in [0.1, 0.15) is 50.5 Å². The SMILES string of the molecule is CSc1ncc(Cl)c(C(=O)Nc2sc3c(c2C(=O)NC[C@H]2CCCO2)CCC3)n1. The number of amides is 2. The van der Waals surface area contributed by atoms with E-state index in [2.05, 4.69) is 20.6 Å². The molecule has 1 aliphatic carbocycles. The Morgan fingerprint density at radius 2 is 2.21 bits per heavy atom. The lowest BCUT2D eigenvalue weighted by atomic mass is 10.1. The molecule has 2 aromatic rings. The van der Waals surface area contributed by atoms with E-state index in [1.54, 1.807) is 0 Å². The van der Waals surface area contributed by atoms with Gasteiger partial charge in [0.15, 0.2) is 10.9 Å². The number of ether oxygens (including phenoxy) is 1. The quantitative estimate of drug-likeness (QED) is 0.514. The van der Waals surface area contributed by atoms with Gasteiger partial charge < -0.3 is 15.4 Å². The molecule has 1 aliphatic heterocycles. The van der Waals surface area contributed by atoms with Crippen LogP contribution in [0.2, 0.25) is 5.02 Å². The second-order valence-electron chi connectivity index (χ2n) is 6.91. The van der Waals surface area contributed by atoms with Gasteiger partial charge in [-0.25, -0.2) is 9.97 Å².